The van der Waals surface area contributed by atoms with Crippen LogP contribution in [0.25, 0.3) is 0 Å². The van der Waals surface area contributed by atoms with Gasteiger partial charge in [-0.05, 0) is 28.6 Å². The van der Waals surface area contributed by atoms with Crippen LogP contribution in [0, 0.1) is 0 Å². The van der Waals surface area contributed by atoms with Crippen molar-refractivity contribution in [2.75, 3.05) is 0 Å². The monoisotopic (exact) mass is 186 g/mol. The van der Waals surface area contributed by atoms with E-state index in [1.54, 1.807) is 4.68 Å². The van der Waals surface area contributed by atoms with E-state index in [9.17, 15) is 4.79 Å². The van der Waals surface area contributed by atoms with E-state index in [1.807, 2.05) is 0 Å². The number of aromatic nitrogens is 4. The molecular formula is C6H10N4OS. The van der Waals surface area contributed by atoms with E-state index in [1.165, 1.54) is 0 Å². The molecule has 1 heterocycles. The Labute approximate surface area is 74.5 Å². The van der Waals surface area contributed by atoms with Crippen LogP contribution in [-0.2, 0) is 11.3 Å². The average molecular weight is 186 g/mol. The number of unbranched alkanes of at least 4 members (excludes halogenated alkanes) is 1. The first-order valence-corrected chi connectivity index (χ1v) is 4.63. The van der Waals surface area contributed by atoms with Gasteiger partial charge in [-0.3, -0.25) is 4.79 Å². The number of carbonyl (C=O) groups is 1. The molecule has 12 heavy (non-hydrogen) atoms. The highest BCUT2D eigenvalue weighted by Crippen LogP contribution is 2.09. The molecule has 0 fully saturated rings. The molecule has 0 aliphatic rings. The van der Waals surface area contributed by atoms with Crippen LogP contribution < -0.4 is 0 Å². The van der Waals surface area contributed by atoms with Gasteiger partial charge in [0.05, 0.1) is 0 Å². The van der Waals surface area contributed by atoms with Gasteiger partial charge in [-0.2, -0.15) is 0 Å². The Hall–Kier alpha value is -0.910. The summed E-state index contributed by atoms with van der Waals surface area (Å²) in [7, 11) is 0. The SMILES string of the molecule is CCCCn1nnnc1SC=O. The van der Waals surface area contributed by atoms with Crippen molar-refractivity contribution < 1.29 is 4.79 Å². The maximum atomic E-state index is 10.2. The molecule has 0 aliphatic carbocycles. The zero-order chi connectivity index (χ0) is 8.81. The highest BCUT2D eigenvalue weighted by atomic mass is 32.2. The van der Waals surface area contributed by atoms with Crippen molar-refractivity contribution in [3.05, 3.63) is 0 Å². The highest BCUT2D eigenvalue weighted by Gasteiger charge is 2.04. The Bertz CT molecular complexity index is 249. The predicted molar refractivity (Wildman–Crippen MR) is 45.3 cm³/mol. The lowest BCUT2D eigenvalue weighted by atomic mass is 10.3. The summed E-state index contributed by atoms with van der Waals surface area (Å²) >= 11 is 1.01. The fraction of sp³-hybridized carbons (Fsp3) is 0.667. The van der Waals surface area contributed by atoms with E-state index in [4.69, 9.17) is 0 Å². The lowest BCUT2D eigenvalue weighted by molar-refractivity contribution is 0.518. The van der Waals surface area contributed by atoms with Crippen molar-refractivity contribution in [1.29, 1.82) is 0 Å². The van der Waals surface area contributed by atoms with Crippen LogP contribution in [0.1, 0.15) is 19.8 Å². The minimum Gasteiger partial charge on any atom is -0.290 e. The standard InChI is InChI=1S/C6H10N4OS/c1-2-3-4-10-6(12-5-11)7-8-9-10/h5H,2-4H2,1H3. The van der Waals surface area contributed by atoms with Crippen LogP contribution in [0.5, 0.6) is 0 Å². The molecule has 0 atom stereocenters. The largest absolute Gasteiger partial charge is 0.290 e. The molecule has 0 amide bonds. The Morgan fingerprint density at radius 2 is 2.50 bits per heavy atom. The molecule has 1 rings (SSSR count). The first-order chi connectivity index (χ1) is 5.88. The Morgan fingerprint density at radius 1 is 1.67 bits per heavy atom. The molecule has 0 aromatic carbocycles. The summed E-state index contributed by atoms with van der Waals surface area (Å²) in [6.07, 6.45) is 2.11. The number of rotatable bonds is 5. The summed E-state index contributed by atoms with van der Waals surface area (Å²) in [6, 6.07) is 0. The van der Waals surface area contributed by atoms with E-state index in [-0.39, 0.29) is 0 Å². The molecule has 0 saturated carbocycles. The van der Waals surface area contributed by atoms with Gasteiger partial charge in [-0.25, -0.2) is 4.68 Å². The summed E-state index contributed by atoms with van der Waals surface area (Å²) in [4.78, 5) is 10.2. The quantitative estimate of drug-likeness (QED) is 0.501. The molecule has 0 saturated heterocycles. The number of thioether (sulfide) groups is 1. The summed E-state index contributed by atoms with van der Waals surface area (Å²) < 4.78 is 1.64. The van der Waals surface area contributed by atoms with Gasteiger partial charge in [-0.1, -0.05) is 13.3 Å². The van der Waals surface area contributed by atoms with Crippen LogP contribution in [0.15, 0.2) is 5.16 Å². The molecule has 5 nitrogen and oxygen atoms in total. The average Bonchev–Trinajstić information content (AvgIpc) is 2.50. The normalized spacial score (nSPS) is 10.1. The third kappa shape index (κ3) is 2.30. The molecule has 1 aromatic rings. The summed E-state index contributed by atoms with van der Waals surface area (Å²) in [6.45, 7) is 2.87. The van der Waals surface area contributed by atoms with Gasteiger partial charge in [0.15, 0.2) is 5.62 Å². The third-order valence-corrected chi connectivity index (χ3v) is 1.98. The van der Waals surface area contributed by atoms with Gasteiger partial charge in [0.25, 0.3) is 0 Å². The highest BCUT2D eigenvalue weighted by molar-refractivity contribution is 8.11. The fourth-order valence-electron chi connectivity index (χ4n) is 0.772. The van der Waals surface area contributed by atoms with Crippen molar-refractivity contribution >= 4 is 17.4 Å². The molecule has 0 aliphatic heterocycles. The lowest BCUT2D eigenvalue weighted by Gasteiger charge is -1.98. The van der Waals surface area contributed by atoms with Gasteiger partial charge in [0, 0.05) is 6.54 Å². The van der Waals surface area contributed by atoms with E-state index in [0.717, 1.165) is 36.8 Å². The second-order valence-electron chi connectivity index (χ2n) is 2.25. The first-order valence-electron chi connectivity index (χ1n) is 3.75. The smallest absolute Gasteiger partial charge is 0.216 e. The third-order valence-electron chi connectivity index (χ3n) is 1.38. The minimum atomic E-state index is 0.568. The number of aryl methyl sites for hydroxylation is 1. The zero-order valence-electron chi connectivity index (χ0n) is 6.80. The van der Waals surface area contributed by atoms with Crippen molar-refractivity contribution in [1.82, 2.24) is 20.2 Å². The molecule has 0 spiro atoms. The van der Waals surface area contributed by atoms with Gasteiger partial charge < -0.3 is 0 Å². The Morgan fingerprint density at radius 3 is 3.17 bits per heavy atom. The van der Waals surface area contributed by atoms with Crippen molar-refractivity contribution in [3.63, 3.8) is 0 Å². The number of carbonyl (C=O) groups excluding carboxylic acids is 1. The Balaban J connectivity index is 2.57. The molecule has 0 radical (unpaired) electrons. The van der Waals surface area contributed by atoms with Crippen LogP contribution in [0.4, 0.5) is 0 Å². The Kier molecular flexibility index (Phi) is 3.72. The van der Waals surface area contributed by atoms with E-state index in [0.29, 0.717) is 5.16 Å². The molecule has 6 heteroatoms. The maximum absolute atomic E-state index is 10.2. The number of hydrogen-bond donors (Lipinski definition) is 0. The van der Waals surface area contributed by atoms with E-state index >= 15 is 0 Å². The van der Waals surface area contributed by atoms with Crippen LogP contribution >= 0.6 is 11.8 Å². The van der Waals surface area contributed by atoms with Gasteiger partial charge in [0.1, 0.15) is 0 Å². The second kappa shape index (κ2) is 4.87. The molecule has 66 valence electrons. The molecular weight excluding hydrogens is 176 g/mol. The summed E-state index contributed by atoms with van der Waals surface area (Å²) in [5.74, 6) is 0. The van der Waals surface area contributed by atoms with Gasteiger partial charge in [0.2, 0.25) is 5.16 Å². The number of nitrogens with zero attached hydrogens (tertiary/aromatic N) is 4. The van der Waals surface area contributed by atoms with Crippen LogP contribution in [0.3, 0.4) is 0 Å². The fourth-order valence-corrected chi connectivity index (χ4v) is 1.19. The number of hydrogen-bond acceptors (Lipinski definition) is 5. The van der Waals surface area contributed by atoms with E-state index < -0.39 is 0 Å². The van der Waals surface area contributed by atoms with E-state index in [2.05, 4.69) is 22.4 Å². The second-order valence-corrected chi connectivity index (χ2v) is 3.05. The van der Waals surface area contributed by atoms with Crippen molar-refractivity contribution in [2.24, 2.45) is 0 Å². The minimum absolute atomic E-state index is 0.568. The first kappa shape index (κ1) is 9.18. The van der Waals surface area contributed by atoms with Crippen LogP contribution in [-0.4, -0.2) is 25.8 Å². The van der Waals surface area contributed by atoms with Crippen LogP contribution in [0.2, 0.25) is 0 Å². The van der Waals surface area contributed by atoms with Gasteiger partial charge >= 0.3 is 0 Å². The lowest BCUT2D eigenvalue weighted by Crippen LogP contribution is -2.01. The molecule has 0 N–H and O–H groups in total. The van der Waals surface area contributed by atoms with Gasteiger partial charge in [-0.15, -0.1) is 5.10 Å². The topological polar surface area (TPSA) is 60.7 Å². The maximum Gasteiger partial charge on any atom is 0.216 e. The number of tetrazole rings is 1. The van der Waals surface area contributed by atoms with Crippen molar-refractivity contribution in [2.45, 2.75) is 31.5 Å². The summed E-state index contributed by atoms with van der Waals surface area (Å²) in [5, 5.41) is 11.5. The predicted octanol–water partition coefficient (Wildman–Crippen LogP) is 0.755. The zero-order valence-corrected chi connectivity index (χ0v) is 7.62. The summed E-state index contributed by atoms with van der Waals surface area (Å²) in [5.41, 5.74) is 0.730. The molecule has 1 aromatic heterocycles. The molecule has 0 unspecified atom stereocenters. The van der Waals surface area contributed by atoms with Crippen molar-refractivity contribution in [3.8, 4) is 0 Å². The molecule has 0 bridgehead atoms.